The highest BCUT2D eigenvalue weighted by Gasteiger charge is 2.16. The normalized spacial score (nSPS) is 15.6. The summed E-state index contributed by atoms with van der Waals surface area (Å²) in [5.41, 5.74) is 7.07. The summed E-state index contributed by atoms with van der Waals surface area (Å²) in [7, 11) is 0. The third kappa shape index (κ3) is 6.25. The Labute approximate surface area is 206 Å². The Morgan fingerprint density at radius 3 is 2.18 bits per heavy atom. The first-order valence-corrected chi connectivity index (χ1v) is 13.3. The van der Waals surface area contributed by atoms with E-state index in [-0.39, 0.29) is 0 Å². The fraction of sp³-hybridized carbons (Fsp3) is 0.586. The van der Waals surface area contributed by atoms with Crippen molar-refractivity contribution >= 4 is 11.2 Å². The van der Waals surface area contributed by atoms with Gasteiger partial charge in [-0.2, -0.15) is 0 Å². The number of rotatable bonds is 10. The zero-order chi connectivity index (χ0) is 24.1. The smallest absolute Gasteiger partial charge is 0.160 e. The molecule has 1 aromatic carbocycles. The van der Waals surface area contributed by atoms with Crippen LogP contribution in [0, 0.1) is 19.8 Å². The molecule has 3 heterocycles. The molecule has 1 aliphatic rings. The maximum absolute atomic E-state index is 4.86. The number of benzene rings is 1. The van der Waals surface area contributed by atoms with Gasteiger partial charge in [-0.25, -0.2) is 9.97 Å². The molecule has 4 rings (SSSR count). The van der Waals surface area contributed by atoms with Gasteiger partial charge in [0.2, 0.25) is 0 Å². The molecular formula is C29H43N5. The van der Waals surface area contributed by atoms with Gasteiger partial charge in [-0.15, -0.1) is 0 Å². The van der Waals surface area contributed by atoms with Crippen molar-refractivity contribution in [2.75, 3.05) is 39.3 Å². The summed E-state index contributed by atoms with van der Waals surface area (Å²) < 4.78 is 2.29. The van der Waals surface area contributed by atoms with Crippen molar-refractivity contribution in [2.24, 2.45) is 5.92 Å². The lowest BCUT2D eigenvalue weighted by atomic mass is 10.1. The highest BCUT2D eigenvalue weighted by molar-refractivity contribution is 5.73. The highest BCUT2D eigenvalue weighted by Crippen LogP contribution is 2.20. The third-order valence-electron chi connectivity index (χ3n) is 7.35. The van der Waals surface area contributed by atoms with E-state index in [0.29, 0.717) is 0 Å². The topological polar surface area (TPSA) is 37.2 Å². The minimum atomic E-state index is 0.808. The maximum Gasteiger partial charge on any atom is 0.160 e. The van der Waals surface area contributed by atoms with Gasteiger partial charge in [0, 0.05) is 38.3 Å². The van der Waals surface area contributed by atoms with E-state index in [2.05, 4.69) is 79.3 Å². The molecule has 0 bridgehead atoms. The van der Waals surface area contributed by atoms with Crippen LogP contribution in [0.1, 0.15) is 61.8 Å². The molecule has 2 aromatic heterocycles. The zero-order valence-corrected chi connectivity index (χ0v) is 22.0. The Hall–Kier alpha value is -2.24. The minimum absolute atomic E-state index is 0.808. The molecule has 1 saturated heterocycles. The summed E-state index contributed by atoms with van der Waals surface area (Å²) in [4.78, 5) is 15.0. The average Bonchev–Trinajstić information content (AvgIpc) is 3.16. The Kier molecular flexibility index (Phi) is 8.38. The molecule has 1 aliphatic heterocycles. The molecule has 0 atom stereocenters. The molecule has 5 nitrogen and oxygen atoms in total. The second kappa shape index (κ2) is 11.5. The summed E-state index contributed by atoms with van der Waals surface area (Å²) in [6.45, 7) is 19.2. The SMILES string of the molecule is CCc1nc2cc(C)c(C)nc2n1Cc1ccc(CCCN2CCN(CCC(C)C)CC2)cc1. The van der Waals surface area contributed by atoms with Crippen LogP contribution in [0.2, 0.25) is 0 Å². The second-order valence-electron chi connectivity index (χ2n) is 10.5. The lowest BCUT2D eigenvalue weighted by Gasteiger charge is -2.35. The largest absolute Gasteiger partial charge is 0.308 e. The second-order valence-corrected chi connectivity index (χ2v) is 10.5. The predicted octanol–water partition coefficient (Wildman–Crippen LogP) is 5.26. The number of hydrogen-bond acceptors (Lipinski definition) is 4. The molecule has 1 fully saturated rings. The zero-order valence-electron chi connectivity index (χ0n) is 22.0. The van der Waals surface area contributed by atoms with Crippen LogP contribution in [0.5, 0.6) is 0 Å². The number of nitrogens with zero attached hydrogens (tertiary/aromatic N) is 5. The molecule has 0 radical (unpaired) electrons. The Morgan fingerprint density at radius 1 is 0.882 bits per heavy atom. The number of aromatic nitrogens is 3. The van der Waals surface area contributed by atoms with Crippen LogP contribution in [-0.4, -0.2) is 63.6 Å². The number of fused-ring (bicyclic) bond motifs is 1. The fourth-order valence-corrected chi connectivity index (χ4v) is 4.89. The van der Waals surface area contributed by atoms with E-state index in [4.69, 9.17) is 9.97 Å². The monoisotopic (exact) mass is 461 g/mol. The lowest BCUT2D eigenvalue weighted by Crippen LogP contribution is -2.46. The summed E-state index contributed by atoms with van der Waals surface area (Å²) in [5, 5.41) is 0. The van der Waals surface area contributed by atoms with Gasteiger partial charge >= 0.3 is 0 Å². The van der Waals surface area contributed by atoms with E-state index in [0.717, 1.165) is 48.0 Å². The molecule has 0 saturated carbocycles. The van der Waals surface area contributed by atoms with Gasteiger partial charge < -0.3 is 14.4 Å². The van der Waals surface area contributed by atoms with Crippen LogP contribution < -0.4 is 0 Å². The van der Waals surface area contributed by atoms with Crippen molar-refractivity contribution in [1.82, 2.24) is 24.3 Å². The van der Waals surface area contributed by atoms with Gasteiger partial charge in [-0.1, -0.05) is 45.0 Å². The van der Waals surface area contributed by atoms with Gasteiger partial charge in [0.15, 0.2) is 5.65 Å². The summed E-state index contributed by atoms with van der Waals surface area (Å²) in [6, 6.07) is 11.4. The number of hydrogen-bond donors (Lipinski definition) is 0. The molecule has 0 unspecified atom stereocenters. The van der Waals surface area contributed by atoms with E-state index in [9.17, 15) is 0 Å². The third-order valence-corrected chi connectivity index (χ3v) is 7.35. The molecular weight excluding hydrogens is 418 g/mol. The van der Waals surface area contributed by atoms with Gasteiger partial charge in [0.1, 0.15) is 11.3 Å². The van der Waals surface area contributed by atoms with E-state index in [1.54, 1.807) is 0 Å². The van der Waals surface area contributed by atoms with Crippen molar-refractivity contribution < 1.29 is 0 Å². The summed E-state index contributed by atoms with van der Waals surface area (Å²) in [6.07, 6.45) is 4.63. The molecule has 0 amide bonds. The highest BCUT2D eigenvalue weighted by atomic mass is 15.3. The number of aryl methyl sites for hydroxylation is 4. The van der Waals surface area contributed by atoms with Gasteiger partial charge in [0.25, 0.3) is 0 Å². The van der Waals surface area contributed by atoms with E-state index < -0.39 is 0 Å². The molecule has 184 valence electrons. The van der Waals surface area contributed by atoms with Crippen LogP contribution in [0.4, 0.5) is 0 Å². The molecule has 3 aromatic rings. The molecule has 5 heteroatoms. The first-order valence-electron chi connectivity index (χ1n) is 13.3. The van der Waals surface area contributed by atoms with E-state index in [1.165, 1.54) is 68.8 Å². The number of imidazole rings is 1. The van der Waals surface area contributed by atoms with Gasteiger partial charge in [0.05, 0.1) is 6.54 Å². The molecule has 34 heavy (non-hydrogen) atoms. The summed E-state index contributed by atoms with van der Waals surface area (Å²) >= 11 is 0. The molecule has 0 aliphatic carbocycles. The summed E-state index contributed by atoms with van der Waals surface area (Å²) in [5.74, 6) is 1.92. The quantitative estimate of drug-likeness (QED) is 0.413. The Morgan fingerprint density at radius 2 is 1.53 bits per heavy atom. The van der Waals surface area contributed by atoms with Gasteiger partial charge in [-0.3, -0.25) is 0 Å². The first kappa shape index (κ1) is 24.9. The van der Waals surface area contributed by atoms with Crippen molar-refractivity contribution in [3.05, 3.63) is 58.5 Å². The number of pyridine rings is 1. The Bertz CT molecular complexity index is 1060. The van der Waals surface area contributed by atoms with Crippen molar-refractivity contribution in [1.29, 1.82) is 0 Å². The standard InChI is InChI=1S/C29H43N5/c1-6-28-31-27-20-23(4)24(5)30-29(27)34(28)21-26-11-9-25(10-12-26)8-7-14-32-16-18-33(19-17-32)15-13-22(2)3/h9-12,20,22H,6-8,13-19,21H2,1-5H3. The minimum Gasteiger partial charge on any atom is -0.308 e. The van der Waals surface area contributed by atoms with Crippen LogP contribution in [-0.2, 0) is 19.4 Å². The predicted molar refractivity (Wildman–Crippen MR) is 143 cm³/mol. The van der Waals surface area contributed by atoms with E-state index >= 15 is 0 Å². The molecule has 0 N–H and O–H groups in total. The maximum atomic E-state index is 4.86. The van der Waals surface area contributed by atoms with Crippen LogP contribution >= 0.6 is 0 Å². The average molecular weight is 462 g/mol. The van der Waals surface area contributed by atoms with E-state index in [1.807, 2.05) is 0 Å². The van der Waals surface area contributed by atoms with Crippen LogP contribution in [0.15, 0.2) is 30.3 Å². The molecule has 0 spiro atoms. The van der Waals surface area contributed by atoms with Crippen molar-refractivity contribution in [2.45, 2.75) is 66.8 Å². The fourth-order valence-electron chi connectivity index (χ4n) is 4.89. The first-order chi connectivity index (χ1) is 16.4. The number of piperazine rings is 1. The Balaban J connectivity index is 1.28. The van der Waals surface area contributed by atoms with Crippen LogP contribution in [0.25, 0.3) is 11.2 Å². The van der Waals surface area contributed by atoms with Crippen molar-refractivity contribution in [3.63, 3.8) is 0 Å². The lowest BCUT2D eigenvalue weighted by molar-refractivity contribution is 0.127. The van der Waals surface area contributed by atoms with Crippen LogP contribution in [0.3, 0.4) is 0 Å². The van der Waals surface area contributed by atoms with Crippen molar-refractivity contribution in [3.8, 4) is 0 Å². The van der Waals surface area contributed by atoms with Gasteiger partial charge in [-0.05, 0) is 74.9 Å².